The van der Waals surface area contributed by atoms with Crippen LogP contribution in [0.3, 0.4) is 0 Å². The fraction of sp³-hybridized carbons (Fsp3) is 0.750. The molecule has 2 fully saturated rings. The second kappa shape index (κ2) is 5.06. The van der Waals surface area contributed by atoms with Crippen LogP contribution in [0.15, 0.2) is 0 Å². The molecule has 1 saturated carbocycles. The molecule has 2 amide bonds. The Hall–Kier alpha value is -1.43. The molecule has 18 heavy (non-hydrogen) atoms. The van der Waals surface area contributed by atoms with E-state index in [0.717, 1.165) is 17.7 Å². The Bertz CT molecular complexity index is 381. The molecule has 100 valence electrons. The average molecular weight is 255 g/mol. The molecule has 1 heterocycles. The molecule has 3 atom stereocenters. The molecule has 0 bridgehead atoms. The van der Waals surface area contributed by atoms with Gasteiger partial charge in [0.05, 0.1) is 24.5 Å². The highest BCUT2D eigenvalue weighted by molar-refractivity contribution is 6.05. The van der Waals surface area contributed by atoms with Gasteiger partial charge in [0.25, 0.3) is 0 Å². The van der Waals surface area contributed by atoms with Gasteiger partial charge >= 0.3 is 5.97 Å². The number of carbonyl (C=O) groups excluding carboxylic acids is 2. The van der Waals surface area contributed by atoms with Crippen molar-refractivity contribution in [1.82, 2.24) is 4.90 Å². The van der Waals surface area contributed by atoms with Gasteiger partial charge in [-0.1, -0.05) is 12.8 Å². The Morgan fingerprint density at radius 2 is 1.94 bits per heavy atom. The van der Waals surface area contributed by atoms with E-state index < -0.39 is 29.9 Å². The molecule has 1 aliphatic carbocycles. The molecule has 1 saturated heterocycles. The lowest BCUT2D eigenvalue weighted by Gasteiger charge is -2.33. The van der Waals surface area contributed by atoms with Crippen LogP contribution in [-0.2, 0) is 14.4 Å². The maximum absolute atomic E-state index is 12.0. The van der Waals surface area contributed by atoms with Crippen LogP contribution in [0.25, 0.3) is 0 Å². The van der Waals surface area contributed by atoms with Gasteiger partial charge in [-0.3, -0.25) is 19.3 Å². The van der Waals surface area contributed by atoms with Crippen molar-refractivity contribution in [2.75, 3.05) is 0 Å². The van der Waals surface area contributed by atoms with Crippen molar-refractivity contribution in [2.24, 2.45) is 5.92 Å². The van der Waals surface area contributed by atoms with Gasteiger partial charge in [-0.05, 0) is 12.8 Å². The van der Waals surface area contributed by atoms with Gasteiger partial charge in [0.2, 0.25) is 11.8 Å². The van der Waals surface area contributed by atoms with Gasteiger partial charge in [0.15, 0.2) is 0 Å². The van der Waals surface area contributed by atoms with Gasteiger partial charge in [-0.15, -0.1) is 0 Å². The first-order valence-electron chi connectivity index (χ1n) is 6.26. The molecule has 0 aromatic carbocycles. The lowest BCUT2D eigenvalue weighted by atomic mass is 9.91. The number of amides is 2. The molecule has 0 unspecified atom stereocenters. The molecular weight excluding hydrogens is 238 g/mol. The Morgan fingerprint density at radius 3 is 2.56 bits per heavy atom. The van der Waals surface area contributed by atoms with Crippen LogP contribution in [0.5, 0.6) is 0 Å². The van der Waals surface area contributed by atoms with Crippen LogP contribution in [0.4, 0.5) is 0 Å². The molecule has 0 aromatic heterocycles. The number of likely N-dealkylation sites (tertiary alicyclic amines) is 1. The summed E-state index contributed by atoms with van der Waals surface area (Å²) < 4.78 is 0. The number of carboxylic acid groups (broad SMARTS) is 1. The minimum atomic E-state index is -1.08. The number of carbonyl (C=O) groups is 3. The van der Waals surface area contributed by atoms with Crippen LogP contribution in [0, 0.1) is 5.92 Å². The molecule has 0 spiro atoms. The van der Waals surface area contributed by atoms with E-state index in [1.54, 1.807) is 0 Å². The van der Waals surface area contributed by atoms with Gasteiger partial charge in [-0.2, -0.15) is 0 Å². The molecule has 6 nitrogen and oxygen atoms in total. The van der Waals surface area contributed by atoms with Gasteiger partial charge in [0.1, 0.15) is 0 Å². The fourth-order valence-corrected chi connectivity index (χ4v) is 2.83. The summed E-state index contributed by atoms with van der Waals surface area (Å²) in [4.78, 5) is 35.6. The lowest BCUT2D eigenvalue weighted by Crippen LogP contribution is -2.48. The van der Waals surface area contributed by atoms with E-state index in [0.29, 0.717) is 12.8 Å². The molecule has 0 radical (unpaired) electrons. The third-order valence-corrected chi connectivity index (χ3v) is 3.72. The van der Waals surface area contributed by atoms with Crippen molar-refractivity contribution >= 4 is 17.8 Å². The first-order valence-corrected chi connectivity index (χ1v) is 6.26. The SMILES string of the molecule is O=C(O)C[C@H]1CC(=O)N([C@@H]2CCCC[C@H]2O)C1=O. The summed E-state index contributed by atoms with van der Waals surface area (Å²) in [5, 5.41) is 18.6. The monoisotopic (exact) mass is 255 g/mol. The second-order valence-corrected chi connectivity index (χ2v) is 5.02. The van der Waals surface area contributed by atoms with Gasteiger partial charge in [0, 0.05) is 6.42 Å². The highest BCUT2D eigenvalue weighted by Crippen LogP contribution is 2.31. The van der Waals surface area contributed by atoms with Crippen LogP contribution in [0.2, 0.25) is 0 Å². The first kappa shape index (κ1) is 13.0. The van der Waals surface area contributed by atoms with Crippen molar-refractivity contribution in [1.29, 1.82) is 0 Å². The number of hydrogen-bond acceptors (Lipinski definition) is 4. The van der Waals surface area contributed by atoms with Crippen LogP contribution in [-0.4, -0.2) is 45.0 Å². The average Bonchev–Trinajstić information content (AvgIpc) is 2.55. The van der Waals surface area contributed by atoms with Crippen molar-refractivity contribution < 1.29 is 24.6 Å². The summed E-state index contributed by atoms with van der Waals surface area (Å²) in [7, 11) is 0. The highest BCUT2D eigenvalue weighted by Gasteiger charge is 2.45. The number of aliphatic carboxylic acids is 1. The van der Waals surface area contributed by atoms with E-state index in [9.17, 15) is 19.5 Å². The minimum Gasteiger partial charge on any atom is -0.481 e. The summed E-state index contributed by atoms with van der Waals surface area (Å²) in [5.41, 5.74) is 0. The summed E-state index contributed by atoms with van der Waals surface area (Å²) in [5.74, 6) is -2.62. The summed E-state index contributed by atoms with van der Waals surface area (Å²) >= 11 is 0. The summed E-state index contributed by atoms with van der Waals surface area (Å²) in [6.45, 7) is 0. The number of aliphatic hydroxyl groups is 1. The van der Waals surface area contributed by atoms with E-state index in [4.69, 9.17) is 5.11 Å². The van der Waals surface area contributed by atoms with E-state index in [2.05, 4.69) is 0 Å². The number of aliphatic hydroxyl groups excluding tert-OH is 1. The van der Waals surface area contributed by atoms with E-state index >= 15 is 0 Å². The van der Waals surface area contributed by atoms with Gasteiger partial charge in [-0.25, -0.2) is 0 Å². The topological polar surface area (TPSA) is 94.9 Å². The Balaban J connectivity index is 2.10. The zero-order chi connectivity index (χ0) is 13.3. The number of imide groups is 1. The van der Waals surface area contributed by atoms with Crippen LogP contribution >= 0.6 is 0 Å². The standard InChI is InChI=1S/C12H17NO5/c14-9-4-2-1-3-8(9)13-10(15)5-7(12(13)18)6-11(16)17/h7-9,14H,1-6H2,(H,16,17)/t7-,8-,9-/m1/s1. The van der Waals surface area contributed by atoms with E-state index in [1.807, 2.05) is 0 Å². The van der Waals surface area contributed by atoms with Crippen LogP contribution in [0.1, 0.15) is 38.5 Å². The van der Waals surface area contributed by atoms with E-state index in [1.165, 1.54) is 0 Å². The molecular formula is C12H17NO5. The molecule has 6 heteroatoms. The van der Waals surface area contributed by atoms with Gasteiger partial charge < -0.3 is 10.2 Å². The summed E-state index contributed by atoms with van der Waals surface area (Å²) in [6.07, 6.45) is 1.94. The molecule has 2 aliphatic rings. The third-order valence-electron chi connectivity index (χ3n) is 3.72. The van der Waals surface area contributed by atoms with Crippen molar-refractivity contribution in [2.45, 2.75) is 50.7 Å². The molecule has 2 N–H and O–H groups in total. The zero-order valence-corrected chi connectivity index (χ0v) is 10.0. The predicted octanol–water partition coefficient (Wildman–Crippen LogP) is 0.140. The zero-order valence-electron chi connectivity index (χ0n) is 10.0. The van der Waals surface area contributed by atoms with Crippen molar-refractivity contribution in [3.63, 3.8) is 0 Å². The maximum atomic E-state index is 12.0. The largest absolute Gasteiger partial charge is 0.481 e. The van der Waals surface area contributed by atoms with Crippen molar-refractivity contribution in [3.05, 3.63) is 0 Å². The normalized spacial score (nSPS) is 32.9. The molecule has 1 aliphatic heterocycles. The lowest BCUT2D eigenvalue weighted by molar-refractivity contribution is -0.148. The first-order chi connectivity index (χ1) is 8.50. The molecule has 2 rings (SSSR count). The Kier molecular flexibility index (Phi) is 3.65. The second-order valence-electron chi connectivity index (χ2n) is 5.02. The highest BCUT2D eigenvalue weighted by atomic mass is 16.4. The number of nitrogens with zero attached hydrogens (tertiary/aromatic N) is 1. The Labute approximate surface area is 105 Å². The fourth-order valence-electron chi connectivity index (χ4n) is 2.83. The summed E-state index contributed by atoms with van der Waals surface area (Å²) in [6, 6.07) is -0.461. The predicted molar refractivity (Wildman–Crippen MR) is 60.5 cm³/mol. The van der Waals surface area contributed by atoms with Crippen molar-refractivity contribution in [3.8, 4) is 0 Å². The van der Waals surface area contributed by atoms with Crippen LogP contribution < -0.4 is 0 Å². The number of carboxylic acids is 1. The third kappa shape index (κ3) is 2.38. The van der Waals surface area contributed by atoms with E-state index in [-0.39, 0.29) is 18.7 Å². The Morgan fingerprint density at radius 1 is 1.28 bits per heavy atom. The number of rotatable bonds is 3. The smallest absolute Gasteiger partial charge is 0.304 e. The number of hydrogen-bond donors (Lipinski definition) is 2. The minimum absolute atomic E-state index is 0.0473. The molecule has 0 aromatic rings. The quantitative estimate of drug-likeness (QED) is 0.699. The maximum Gasteiger partial charge on any atom is 0.304 e.